The van der Waals surface area contributed by atoms with Gasteiger partial charge in [0.25, 0.3) is 0 Å². The molecule has 0 saturated carbocycles. The van der Waals surface area contributed by atoms with Crippen molar-refractivity contribution in [3.05, 3.63) is 47.5 Å². The predicted molar refractivity (Wildman–Crippen MR) is 65.4 cm³/mol. The second-order valence-electron chi connectivity index (χ2n) is 4.26. The molecule has 0 fully saturated rings. The first-order valence-corrected chi connectivity index (χ1v) is 5.42. The van der Waals surface area contributed by atoms with Crippen molar-refractivity contribution in [1.82, 2.24) is 5.32 Å². The zero-order valence-electron chi connectivity index (χ0n) is 8.65. The summed E-state index contributed by atoms with van der Waals surface area (Å²) in [5.74, 6) is 0. The lowest BCUT2D eigenvalue weighted by atomic mass is 9.89. The van der Waals surface area contributed by atoms with Gasteiger partial charge in [0.15, 0.2) is 0 Å². The van der Waals surface area contributed by atoms with E-state index < -0.39 is 0 Å². The first kappa shape index (κ1) is 10.7. The maximum absolute atomic E-state index is 3.71. The third kappa shape index (κ3) is 1.95. The van der Waals surface area contributed by atoms with E-state index >= 15 is 0 Å². The largest absolute Gasteiger partial charge is 0.306 e. The zero-order chi connectivity index (χ0) is 9.38. The summed E-state index contributed by atoms with van der Waals surface area (Å²) in [6.45, 7) is 0. The van der Waals surface area contributed by atoms with Crippen LogP contribution in [0.5, 0.6) is 0 Å². The Morgan fingerprint density at radius 1 is 1.07 bits per heavy atom. The van der Waals surface area contributed by atoms with Crippen molar-refractivity contribution < 1.29 is 0 Å². The van der Waals surface area contributed by atoms with Gasteiger partial charge in [-0.25, -0.2) is 0 Å². The molecule has 15 heavy (non-hydrogen) atoms. The normalized spacial score (nSPS) is 27.5. The van der Waals surface area contributed by atoms with E-state index in [4.69, 9.17) is 0 Å². The Morgan fingerprint density at radius 3 is 2.80 bits per heavy atom. The molecular formula is C13H16ClN. The maximum atomic E-state index is 3.71. The Labute approximate surface area is 97.0 Å². The molecule has 0 unspecified atom stereocenters. The lowest BCUT2D eigenvalue weighted by molar-refractivity contribution is 0.416. The third-order valence-corrected chi connectivity index (χ3v) is 3.29. The smallest absolute Gasteiger partial charge is 0.0360 e. The van der Waals surface area contributed by atoms with Crippen LogP contribution < -0.4 is 5.32 Å². The van der Waals surface area contributed by atoms with Gasteiger partial charge in [0.05, 0.1) is 0 Å². The van der Waals surface area contributed by atoms with Crippen molar-refractivity contribution in [2.24, 2.45) is 0 Å². The summed E-state index contributed by atoms with van der Waals surface area (Å²) in [5, 5.41) is 3.71. The summed E-state index contributed by atoms with van der Waals surface area (Å²) in [5.41, 5.74) is 3.06. The van der Waals surface area contributed by atoms with E-state index in [9.17, 15) is 0 Å². The highest BCUT2D eigenvalue weighted by Crippen LogP contribution is 2.30. The van der Waals surface area contributed by atoms with Crippen LogP contribution in [-0.2, 0) is 6.42 Å². The van der Waals surface area contributed by atoms with Crippen molar-refractivity contribution in [1.29, 1.82) is 0 Å². The van der Waals surface area contributed by atoms with Crippen LogP contribution in [0.1, 0.15) is 30.0 Å². The first-order valence-electron chi connectivity index (χ1n) is 5.42. The van der Waals surface area contributed by atoms with Crippen LogP contribution in [0, 0.1) is 0 Å². The number of hydrogen-bond acceptors (Lipinski definition) is 1. The van der Waals surface area contributed by atoms with Crippen molar-refractivity contribution >= 4 is 12.4 Å². The van der Waals surface area contributed by atoms with Gasteiger partial charge < -0.3 is 5.32 Å². The summed E-state index contributed by atoms with van der Waals surface area (Å²) in [7, 11) is 0. The second-order valence-corrected chi connectivity index (χ2v) is 4.26. The molecule has 0 aliphatic carbocycles. The molecule has 0 aromatic heterocycles. The fourth-order valence-electron chi connectivity index (χ4n) is 2.60. The lowest BCUT2D eigenvalue weighted by Crippen LogP contribution is -2.37. The number of halogens is 1. The van der Waals surface area contributed by atoms with E-state index in [1.54, 1.807) is 5.56 Å². The average molecular weight is 222 g/mol. The summed E-state index contributed by atoms with van der Waals surface area (Å²) in [6.07, 6.45) is 8.17. The molecule has 1 aromatic carbocycles. The molecule has 2 bridgehead atoms. The molecular weight excluding hydrogens is 206 g/mol. The molecule has 80 valence electrons. The molecule has 2 heterocycles. The zero-order valence-corrected chi connectivity index (χ0v) is 9.46. The SMILES string of the molecule is C1=CC[C@H]2N[C@@H](C1)Cc1ccccc12.Cl. The van der Waals surface area contributed by atoms with E-state index in [1.807, 2.05) is 0 Å². The summed E-state index contributed by atoms with van der Waals surface area (Å²) < 4.78 is 0. The number of fused-ring (bicyclic) bond motifs is 4. The van der Waals surface area contributed by atoms with Gasteiger partial charge in [-0.15, -0.1) is 12.4 Å². The van der Waals surface area contributed by atoms with E-state index in [-0.39, 0.29) is 12.4 Å². The fraction of sp³-hybridized carbons (Fsp3) is 0.385. The van der Waals surface area contributed by atoms with Gasteiger partial charge in [-0.1, -0.05) is 36.4 Å². The Kier molecular flexibility index (Phi) is 3.13. The van der Waals surface area contributed by atoms with Crippen molar-refractivity contribution in [3.63, 3.8) is 0 Å². The molecule has 0 radical (unpaired) electrons. The summed E-state index contributed by atoms with van der Waals surface area (Å²) in [4.78, 5) is 0. The number of hydrogen-bond donors (Lipinski definition) is 1. The lowest BCUT2D eigenvalue weighted by Gasteiger charge is -2.31. The quantitative estimate of drug-likeness (QED) is 0.665. The molecule has 2 atom stereocenters. The van der Waals surface area contributed by atoms with Crippen LogP contribution in [0.2, 0.25) is 0 Å². The van der Waals surface area contributed by atoms with Crippen LogP contribution >= 0.6 is 12.4 Å². The molecule has 1 aromatic rings. The second kappa shape index (κ2) is 4.38. The molecule has 2 aliphatic heterocycles. The molecule has 3 rings (SSSR count). The minimum absolute atomic E-state index is 0. The Bertz CT molecular complexity index is 373. The van der Waals surface area contributed by atoms with Gasteiger partial charge in [0.2, 0.25) is 0 Å². The highest BCUT2D eigenvalue weighted by Gasteiger charge is 2.25. The average Bonchev–Trinajstić information content (AvgIpc) is 2.41. The molecule has 2 aliphatic rings. The van der Waals surface area contributed by atoms with Gasteiger partial charge in [-0.3, -0.25) is 0 Å². The van der Waals surface area contributed by atoms with Crippen LogP contribution in [0.25, 0.3) is 0 Å². The minimum atomic E-state index is 0. The predicted octanol–water partition coefficient (Wildman–Crippen LogP) is 3.01. The number of rotatable bonds is 0. The number of benzene rings is 1. The molecule has 0 spiro atoms. The van der Waals surface area contributed by atoms with Gasteiger partial charge >= 0.3 is 0 Å². The van der Waals surface area contributed by atoms with Gasteiger partial charge in [-0.2, -0.15) is 0 Å². The topological polar surface area (TPSA) is 12.0 Å². The molecule has 2 heteroatoms. The van der Waals surface area contributed by atoms with E-state index in [2.05, 4.69) is 41.7 Å². The Balaban J connectivity index is 0.000000853. The van der Waals surface area contributed by atoms with Crippen LogP contribution in [0.4, 0.5) is 0 Å². The monoisotopic (exact) mass is 221 g/mol. The first-order chi connectivity index (χ1) is 6.93. The van der Waals surface area contributed by atoms with Crippen molar-refractivity contribution in [3.8, 4) is 0 Å². The molecule has 0 saturated heterocycles. The summed E-state index contributed by atoms with van der Waals surface area (Å²) >= 11 is 0. The number of nitrogens with one attached hydrogen (secondary N) is 1. The Hall–Kier alpha value is -0.790. The molecule has 1 N–H and O–H groups in total. The van der Waals surface area contributed by atoms with Gasteiger partial charge in [0, 0.05) is 12.1 Å². The summed E-state index contributed by atoms with van der Waals surface area (Å²) in [6, 6.07) is 10.1. The van der Waals surface area contributed by atoms with Crippen LogP contribution in [0.3, 0.4) is 0 Å². The van der Waals surface area contributed by atoms with E-state index in [0.29, 0.717) is 12.1 Å². The third-order valence-electron chi connectivity index (χ3n) is 3.29. The molecule has 1 nitrogen and oxygen atoms in total. The maximum Gasteiger partial charge on any atom is 0.0360 e. The Morgan fingerprint density at radius 2 is 1.87 bits per heavy atom. The van der Waals surface area contributed by atoms with Gasteiger partial charge in [0.1, 0.15) is 0 Å². The highest BCUT2D eigenvalue weighted by molar-refractivity contribution is 5.85. The van der Waals surface area contributed by atoms with Crippen LogP contribution in [-0.4, -0.2) is 6.04 Å². The molecule has 0 amide bonds. The van der Waals surface area contributed by atoms with Crippen molar-refractivity contribution in [2.75, 3.05) is 0 Å². The van der Waals surface area contributed by atoms with Crippen molar-refractivity contribution in [2.45, 2.75) is 31.3 Å². The minimum Gasteiger partial charge on any atom is -0.306 e. The van der Waals surface area contributed by atoms with E-state index in [0.717, 1.165) is 6.42 Å². The standard InChI is InChI=1S/C13H15N.ClH/c1-3-7-12-10(5-1)9-11-6-2-4-8-13(12)14-11;/h1-5,7,11,13-14H,6,8-9H2;1H/t11-,13+;/m0./s1. The highest BCUT2D eigenvalue weighted by atomic mass is 35.5. The van der Waals surface area contributed by atoms with Crippen LogP contribution in [0.15, 0.2) is 36.4 Å². The van der Waals surface area contributed by atoms with E-state index in [1.165, 1.54) is 18.4 Å². The fourth-order valence-corrected chi connectivity index (χ4v) is 2.60. The van der Waals surface area contributed by atoms with Gasteiger partial charge in [-0.05, 0) is 30.4 Å².